The number of amides is 1. The van der Waals surface area contributed by atoms with Crippen molar-refractivity contribution in [3.63, 3.8) is 0 Å². The van der Waals surface area contributed by atoms with Crippen molar-refractivity contribution in [1.82, 2.24) is 5.32 Å². The van der Waals surface area contributed by atoms with E-state index in [-0.39, 0.29) is 19.6 Å². The van der Waals surface area contributed by atoms with Crippen LogP contribution in [0.1, 0.15) is 18.1 Å². The van der Waals surface area contributed by atoms with Crippen LogP contribution in [0, 0.1) is 0 Å². The highest BCUT2D eigenvalue weighted by atomic mass is 32.2. The quantitative estimate of drug-likeness (QED) is 0.337. The third-order valence-electron chi connectivity index (χ3n) is 3.93. The van der Waals surface area contributed by atoms with E-state index in [4.69, 9.17) is 9.47 Å². The Hall–Kier alpha value is -3.28. The van der Waals surface area contributed by atoms with Gasteiger partial charge < -0.3 is 19.0 Å². The second-order valence-corrected chi connectivity index (χ2v) is 7.88. The van der Waals surface area contributed by atoms with Crippen LogP contribution in [-0.4, -0.2) is 38.6 Å². The molecule has 0 aliphatic carbocycles. The van der Waals surface area contributed by atoms with Gasteiger partial charge in [0.1, 0.15) is 18.4 Å². The second kappa shape index (κ2) is 10.8. The maximum Gasteiger partial charge on any atom is 0.534 e. The highest BCUT2D eigenvalue weighted by Gasteiger charge is 2.48. The van der Waals surface area contributed by atoms with Gasteiger partial charge in [0.05, 0.1) is 6.61 Å². The van der Waals surface area contributed by atoms with Gasteiger partial charge in [0, 0.05) is 6.42 Å². The molecule has 0 saturated carbocycles. The third-order valence-corrected chi connectivity index (χ3v) is 4.91. The lowest BCUT2D eigenvalue weighted by molar-refractivity contribution is -0.145. The van der Waals surface area contributed by atoms with Crippen molar-refractivity contribution in [1.29, 1.82) is 0 Å². The standard InChI is InChI=1S/C20H20F3NO7S/c1-2-29-18(25)17(24-19(26)30-13-15-6-4-3-5-7-15)12-14-8-10-16(11-9-14)31-32(27,28)20(21,22)23/h3-11,17H,2,12-13H2,1H3,(H,24,26)/t17-/m0/s1. The fourth-order valence-corrected chi connectivity index (χ4v) is 2.89. The molecule has 0 fully saturated rings. The summed E-state index contributed by atoms with van der Waals surface area (Å²) in [5.74, 6) is -1.31. The number of esters is 1. The minimum absolute atomic E-state index is 0.0259. The zero-order valence-electron chi connectivity index (χ0n) is 16.8. The summed E-state index contributed by atoms with van der Waals surface area (Å²) in [6.45, 7) is 1.61. The number of hydrogen-bond acceptors (Lipinski definition) is 7. The number of rotatable bonds is 9. The van der Waals surface area contributed by atoms with Crippen LogP contribution in [0.25, 0.3) is 0 Å². The molecule has 0 saturated heterocycles. The van der Waals surface area contributed by atoms with Crippen molar-refractivity contribution in [2.75, 3.05) is 6.61 Å². The molecule has 1 atom stereocenters. The van der Waals surface area contributed by atoms with Crippen LogP contribution >= 0.6 is 0 Å². The molecule has 0 aliphatic rings. The molecule has 0 aromatic heterocycles. The third kappa shape index (κ3) is 7.45. The van der Waals surface area contributed by atoms with Crippen molar-refractivity contribution in [3.8, 4) is 5.75 Å². The van der Waals surface area contributed by atoms with Crippen LogP contribution in [0.2, 0.25) is 0 Å². The van der Waals surface area contributed by atoms with Gasteiger partial charge in [-0.1, -0.05) is 42.5 Å². The summed E-state index contributed by atoms with van der Waals surface area (Å²) in [6, 6.07) is 12.2. The number of alkyl halides is 3. The number of carbonyl (C=O) groups is 2. The maximum absolute atomic E-state index is 12.4. The second-order valence-electron chi connectivity index (χ2n) is 6.34. The van der Waals surface area contributed by atoms with Crippen LogP contribution < -0.4 is 9.50 Å². The molecule has 2 aromatic rings. The van der Waals surface area contributed by atoms with Crippen LogP contribution in [0.4, 0.5) is 18.0 Å². The van der Waals surface area contributed by atoms with E-state index >= 15 is 0 Å². The lowest BCUT2D eigenvalue weighted by Crippen LogP contribution is -2.43. The lowest BCUT2D eigenvalue weighted by atomic mass is 10.1. The number of hydrogen-bond donors (Lipinski definition) is 1. The zero-order chi connectivity index (χ0) is 23.8. The van der Waals surface area contributed by atoms with Crippen LogP contribution in [0.15, 0.2) is 54.6 Å². The van der Waals surface area contributed by atoms with E-state index in [1.54, 1.807) is 37.3 Å². The Morgan fingerprint density at radius 3 is 2.16 bits per heavy atom. The molecule has 0 heterocycles. The molecule has 1 N–H and O–H groups in total. The van der Waals surface area contributed by atoms with Crippen molar-refractivity contribution in [3.05, 3.63) is 65.7 Å². The summed E-state index contributed by atoms with van der Waals surface area (Å²) in [4.78, 5) is 24.3. The average Bonchev–Trinajstić information content (AvgIpc) is 2.73. The van der Waals surface area contributed by atoms with Crippen LogP contribution in [0.5, 0.6) is 5.75 Å². The van der Waals surface area contributed by atoms with Gasteiger partial charge in [-0.2, -0.15) is 21.6 Å². The monoisotopic (exact) mass is 475 g/mol. The Morgan fingerprint density at radius 2 is 1.59 bits per heavy atom. The number of benzene rings is 2. The molecule has 12 heteroatoms. The van der Waals surface area contributed by atoms with Crippen LogP contribution in [0.3, 0.4) is 0 Å². The van der Waals surface area contributed by atoms with E-state index in [0.29, 0.717) is 5.56 Å². The molecule has 8 nitrogen and oxygen atoms in total. The lowest BCUT2D eigenvalue weighted by Gasteiger charge is -2.17. The Morgan fingerprint density at radius 1 is 0.969 bits per heavy atom. The average molecular weight is 475 g/mol. The number of ether oxygens (including phenoxy) is 2. The van der Waals surface area contributed by atoms with E-state index in [1.165, 1.54) is 12.1 Å². The molecular weight excluding hydrogens is 455 g/mol. The molecule has 0 radical (unpaired) electrons. The molecule has 0 spiro atoms. The molecule has 174 valence electrons. The molecule has 0 aliphatic heterocycles. The first kappa shape index (κ1) is 25.0. The highest BCUT2D eigenvalue weighted by Crippen LogP contribution is 2.27. The van der Waals surface area contributed by atoms with E-state index in [2.05, 4.69) is 9.50 Å². The number of halogens is 3. The van der Waals surface area contributed by atoms with Crippen molar-refractivity contribution >= 4 is 22.2 Å². The molecule has 0 unspecified atom stereocenters. The predicted octanol–water partition coefficient (Wildman–Crippen LogP) is 3.32. The number of alkyl carbamates (subject to hydrolysis) is 1. The predicted molar refractivity (Wildman–Crippen MR) is 106 cm³/mol. The van der Waals surface area contributed by atoms with Gasteiger partial charge in [-0.05, 0) is 30.2 Å². The van der Waals surface area contributed by atoms with Crippen LogP contribution in [-0.2, 0) is 37.4 Å². The van der Waals surface area contributed by atoms with Gasteiger partial charge >= 0.3 is 27.7 Å². The Balaban J connectivity index is 2.03. The summed E-state index contributed by atoms with van der Waals surface area (Å²) in [5.41, 5.74) is -4.44. The van der Waals surface area contributed by atoms with E-state index in [1.807, 2.05) is 0 Å². The van der Waals surface area contributed by atoms with Gasteiger partial charge in [-0.15, -0.1) is 0 Å². The summed E-state index contributed by atoms with van der Waals surface area (Å²) >= 11 is 0. The summed E-state index contributed by atoms with van der Waals surface area (Å²) < 4.78 is 73.4. The topological polar surface area (TPSA) is 108 Å². The van der Waals surface area contributed by atoms with E-state index in [0.717, 1.165) is 17.7 Å². The molecule has 0 bridgehead atoms. The fraction of sp³-hybridized carbons (Fsp3) is 0.300. The Kier molecular flexibility index (Phi) is 8.47. The van der Waals surface area contributed by atoms with Gasteiger partial charge in [-0.25, -0.2) is 9.59 Å². The largest absolute Gasteiger partial charge is 0.534 e. The molecule has 32 heavy (non-hydrogen) atoms. The van der Waals surface area contributed by atoms with Gasteiger partial charge in [0.2, 0.25) is 0 Å². The molecule has 2 aromatic carbocycles. The SMILES string of the molecule is CCOC(=O)[C@H](Cc1ccc(OS(=O)(=O)C(F)(F)F)cc1)NC(=O)OCc1ccccc1. The Labute approximate surface area is 182 Å². The number of nitrogens with one attached hydrogen (secondary N) is 1. The van der Waals surface area contributed by atoms with Gasteiger partial charge in [-0.3, -0.25) is 0 Å². The summed E-state index contributed by atoms with van der Waals surface area (Å²) in [5, 5.41) is 2.38. The summed E-state index contributed by atoms with van der Waals surface area (Å²) in [6.07, 6.45) is -0.964. The minimum atomic E-state index is -5.80. The highest BCUT2D eigenvalue weighted by molar-refractivity contribution is 7.88. The summed E-state index contributed by atoms with van der Waals surface area (Å²) in [7, 11) is -5.80. The van der Waals surface area contributed by atoms with Gasteiger partial charge in [0.25, 0.3) is 0 Å². The first-order valence-corrected chi connectivity index (χ1v) is 10.7. The van der Waals surface area contributed by atoms with E-state index in [9.17, 15) is 31.2 Å². The van der Waals surface area contributed by atoms with Gasteiger partial charge in [0.15, 0.2) is 0 Å². The Bertz CT molecular complexity index is 1010. The molecular formula is C20H20F3NO7S. The van der Waals surface area contributed by atoms with E-state index < -0.39 is 39.5 Å². The van der Waals surface area contributed by atoms with Crippen molar-refractivity contribution < 1.29 is 44.8 Å². The number of carbonyl (C=O) groups excluding carboxylic acids is 2. The molecule has 1 amide bonds. The van der Waals surface area contributed by atoms with Crippen molar-refractivity contribution in [2.24, 2.45) is 0 Å². The zero-order valence-corrected chi connectivity index (χ0v) is 17.6. The minimum Gasteiger partial charge on any atom is -0.464 e. The maximum atomic E-state index is 12.4. The smallest absolute Gasteiger partial charge is 0.464 e. The van der Waals surface area contributed by atoms with Crippen molar-refractivity contribution in [2.45, 2.75) is 31.5 Å². The first-order valence-electron chi connectivity index (χ1n) is 9.25. The fourth-order valence-electron chi connectivity index (χ4n) is 2.43. The molecule has 2 rings (SSSR count). The normalized spacial score (nSPS) is 12.5. The first-order chi connectivity index (χ1) is 15.0.